The van der Waals surface area contributed by atoms with E-state index in [4.69, 9.17) is 0 Å². The van der Waals surface area contributed by atoms with Crippen LogP contribution in [0.1, 0.15) is 31.7 Å². The van der Waals surface area contributed by atoms with Gasteiger partial charge < -0.3 is 5.32 Å². The zero-order valence-electron chi connectivity index (χ0n) is 10.8. The molecule has 0 unspecified atom stereocenters. The van der Waals surface area contributed by atoms with Crippen molar-refractivity contribution in [1.29, 1.82) is 0 Å². The number of anilines is 1. The first-order valence-electron chi connectivity index (χ1n) is 6.11. The quantitative estimate of drug-likeness (QED) is 0.669. The third-order valence-corrected chi connectivity index (χ3v) is 4.72. The summed E-state index contributed by atoms with van der Waals surface area (Å²) in [5, 5.41) is 12.0. The van der Waals surface area contributed by atoms with Gasteiger partial charge in [-0.25, -0.2) is 8.42 Å². The van der Waals surface area contributed by atoms with E-state index in [1.165, 1.54) is 11.3 Å². The molecule has 0 spiro atoms. The van der Waals surface area contributed by atoms with E-state index in [1.807, 2.05) is 13.8 Å². The maximum absolute atomic E-state index is 11.7. The SMILES string of the molecule is CCNCCCCS(=O)(=O)Nc1nnc(CC)s1. The Morgan fingerprint density at radius 2 is 2.00 bits per heavy atom. The second kappa shape index (κ2) is 7.65. The Morgan fingerprint density at radius 3 is 2.61 bits per heavy atom. The highest BCUT2D eigenvalue weighted by molar-refractivity contribution is 7.92. The van der Waals surface area contributed by atoms with E-state index in [0.717, 1.165) is 30.9 Å². The molecule has 1 heterocycles. The monoisotopic (exact) mass is 292 g/mol. The van der Waals surface area contributed by atoms with Gasteiger partial charge in [-0.3, -0.25) is 4.72 Å². The van der Waals surface area contributed by atoms with Crippen LogP contribution in [0, 0.1) is 0 Å². The molecule has 0 atom stereocenters. The minimum absolute atomic E-state index is 0.124. The van der Waals surface area contributed by atoms with Crippen molar-refractivity contribution in [2.45, 2.75) is 33.1 Å². The van der Waals surface area contributed by atoms with Gasteiger partial charge in [-0.15, -0.1) is 10.2 Å². The molecule has 0 bridgehead atoms. The van der Waals surface area contributed by atoms with E-state index in [2.05, 4.69) is 20.2 Å². The molecular weight excluding hydrogens is 272 g/mol. The van der Waals surface area contributed by atoms with Gasteiger partial charge in [-0.05, 0) is 32.4 Å². The predicted octanol–water partition coefficient (Wildman–Crippen LogP) is 1.23. The molecule has 0 radical (unpaired) electrons. The Hall–Kier alpha value is -0.730. The van der Waals surface area contributed by atoms with E-state index in [0.29, 0.717) is 11.6 Å². The van der Waals surface area contributed by atoms with Crippen molar-refractivity contribution in [3.63, 3.8) is 0 Å². The summed E-state index contributed by atoms with van der Waals surface area (Å²) in [6.07, 6.45) is 2.26. The van der Waals surface area contributed by atoms with Crippen LogP contribution in [0.25, 0.3) is 0 Å². The van der Waals surface area contributed by atoms with Crippen LogP contribution in [0.3, 0.4) is 0 Å². The van der Waals surface area contributed by atoms with Crippen LogP contribution in [-0.2, 0) is 16.4 Å². The van der Waals surface area contributed by atoms with E-state index < -0.39 is 10.0 Å². The molecule has 0 saturated heterocycles. The molecule has 0 aliphatic heterocycles. The van der Waals surface area contributed by atoms with E-state index in [9.17, 15) is 8.42 Å². The van der Waals surface area contributed by atoms with Gasteiger partial charge in [0.1, 0.15) is 5.01 Å². The highest BCUT2D eigenvalue weighted by Gasteiger charge is 2.13. The fourth-order valence-electron chi connectivity index (χ4n) is 1.34. The Balaban J connectivity index is 2.35. The highest BCUT2D eigenvalue weighted by atomic mass is 32.2. The van der Waals surface area contributed by atoms with Crippen LogP contribution in [-0.4, -0.2) is 37.5 Å². The van der Waals surface area contributed by atoms with Crippen molar-refractivity contribution in [2.24, 2.45) is 0 Å². The molecule has 0 aromatic carbocycles. The van der Waals surface area contributed by atoms with Crippen molar-refractivity contribution in [3.05, 3.63) is 5.01 Å². The standard InChI is InChI=1S/C10H20N4O2S2/c1-3-9-12-13-10(17-9)14-18(15,16)8-6-5-7-11-4-2/h11H,3-8H2,1-2H3,(H,13,14). The van der Waals surface area contributed by atoms with Gasteiger partial charge >= 0.3 is 0 Å². The lowest BCUT2D eigenvalue weighted by Gasteiger charge is -2.04. The predicted molar refractivity (Wildman–Crippen MR) is 74.5 cm³/mol. The Kier molecular flexibility index (Phi) is 6.51. The summed E-state index contributed by atoms with van der Waals surface area (Å²) in [5.41, 5.74) is 0. The summed E-state index contributed by atoms with van der Waals surface area (Å²) in [6, 6.07) is 0. The van der Waals surface area contributed by atoms with Crippen LogP contribution in [0.2, 0.25) is 0 Å². The summed E-state index contributed by atoms with van der Waals surface area (Å²) in [4.78, 5) is 0. The molecular formula is C10H20N4O2S2. The molecule has 0 fully saturated rings. The molecule has 18 heavy (non-hydrogen) atoms. The lowest BCUT2D eigenvalue weighted by Crippen LogP contribution is -2.19. The summed E-state index contributed by atoms with van der Waals surface area (Å²) in [6.45, 7) is 5.75. The number of rotatable bonds is 9. The van der Waals surface area contributed by atoms with Gasteiger partial charge in [0.05, 0.1) is 5.75 Å². The number of sulfonamides is 1. The first-order valence-corrected chi connectivity index (χ1v) is 8.58. The maximum Gasteiger partial charge on any atom is 0.234 e. The van der Waals surface area contributed by atoms with Crippen LogP contribution in [0.15, 0.2) is 0 Å². The minimum atomic E-state index is -3.29. The van der Waals surface area contributed by atoms with Crippen LogP contribution in [0.4, 0.5) is 5.13 Å². The molecule has 1 aromatic heterocycles. The van der Waals surface area contributed by atoms with Crippen molar-refractivity contribution in [1.82, 2.24) is 15.5 Å². The zero-order chi connectivity index (χ0) is 13.4. The largest absolute Gasteiger partial charge is 0.317 e. The fraction of sp³-hybridized carbons (Fsp3) is 0.800. The number of nitrogens with zero attached hydrogens (tertiary/aromatic N) is 2. The fourth-order valence-corrected chi connectivity index (χ4v) is 3.41. The molecule has 8 heteroatoms. The smallest absolute Gasteiger partial charge is 0.234 e. The molecule has 1 aromatic rings. The number of aromatic nitrogens is 2. The lowest BCUT2D eigenvalue weighted by atomic mass is 10.3. The van der Waals surface area contributed by atoms with Crippen molar-refractivity contribution >= 4 is 26.5 Å². The van der Waals surface area contributed by atoms with Crippen molar-refractivity contribution in [2.75, 3.05) is 23.6 Å². The molecule has 6 nitrogen and oxygen atoms in total. The Morgan fingerprint density at radius 1 is 1.22 bits per heavy atom. The normalized spacial score (nSPS) is 11.7. The highest BCUT2D eigenvalue weighted by Crippen LogP contribution is 2.17. The summed E-state index contributed by atoms with van der Waals surface area (Å²) in [7, 11) is -3.29. The Bertz CT molecular complexity index is 444. The van der Waals surface area contributed by atoms with Gasteiger partial charge in [0, 0.05) is 0 Å². The summed E-state index contributed by atoms with van der Waals surface area (Å²) >= 11 is 1.28. The third kappa shape index (κ3) is 5.74. The van der Waals surface area contributed by atoms with E-state index in [1.54, 1.807) is 0 Å². The van der Waals surface area contributed by atoms with Gasteiger partial charge in [0.25, 0.3) is 0 Å². The maximum atomic E-state index is 11.7. The number of aryl methyl sites for hydroxylation is 1. The average molecular weight is 292 g/mol. The lowest BCUT2D eigenvalue weighted by molar-refractivity contribution is 0.593. The molecule has 0 amide bonds. The second-order valence-corrected chi connectivity index (χ2v) is 6.74. The molecule has 0 aliphatic rings. The molecule has 0 aliphatic carbocycles. The first kappa shape index (κ1) is 15.3. The van der Waals surface area contributed by atoms with Crippen LogP contribution in [0.5, 0.6) is 0 Å². The van der Waals surface area contributed by atoms with Crippen molar-refractivity contribution < 1.29 is 8.42 Å². The number of nitrogens with one attached hydrogen (secondary N) is 2. The molecule has 1 rings (SSSR count). The van der Waals surface area contributed by atoms with Crippen LogP contribution < -0.4 is 10.0 Å². The molecule has 0 saturated carbocycles. The topological polar surface area (TPSA) is 84.0 Å². The molecule has 2 N–H and O–H groups in total. The van der Waals surface area contributed by atoms with Gasteiger partial charge in [0.2, 0.25) is 15.2 Å². The number of hydrogen-bond donors (Lipinski definition) is 2. The van der Waals surface area contributed by atoms with Gasteiger partial charge in [-0.1, -0.05) is 25.2 Å². The van der Waals surface area contributed by atoms with Gasteiger partial charge in [-0.2, -0.15) is 0 Å². The van der Waals surface area contributed by atoms with Gasteiger partial charge in [0.15, 0.2) is 0 Å². The van der Waals surface area contributed by atoms with E-state index in [-0.39, 0.29) is 5.75 Å². The summed E-state index contributed by atoms with van der Waals surface area (Å²) in [5.74, 6) is 0.124. The van der Waals surface area contributed by atoms with Crippen molar-refractivity contribution in [3.8, 4) is 0 Å². The second-order valence-electron chi connectivity index (χ2n) is 3.84. The first-order chi connectivity index (χ1) is 8.57. The van der Waals surface area contributed by atoms with E-state index >= 15 is 0 Å². The minimum Gasteiger partial charge on any atom is -0.317 e. The zero-order valence-corrected chi connectivity index (χ0v) is 12.4. The number of unbranched alkanes of at least 4 members (excludes halogenated alkanes) is 1. The van der Waals surface area contributed by atoms with Crippen LogP contribution >= 0.6 is 11.3 Å². The molecule has 104 valence electrons. The Labute approximate surface area is 112 Å². The average Bonchev–Trinajstić information content (AvgIpc) is 2.75. The third-order valence-electron chi connectivity index (χ3n) is 2.28. The number of hydrogen-bond acceptors (Lipinski definition) is 6. The summed E-state index contributed by atoms with van der Waals surface area (Å²) < 4.78 is 25.9.